The van der Waals surface area contributed by atoms with Gasteiger partial charge in [-0.1, -0.05) is 0 Å². The number of nitrogens with zero attached hydrogens (tertiary/aromatic N) is 1. The topological polar surface area (TPSA) is 49.6 Å². The minimum absolute atomic E-state index is 0.716. The van der Waals surface area contributed by atoms with Gasteiger partial charge in [-0.3, -0.25) is 0 Å². The van der Waals surface area contributed by atoms with Gasteiger partial charge < -0.3 is 15.1 Å². The summed E-state index contributed by atoms with van der Waals surface area (Å²) < 4.78 is 5.34. The van der Waals surface area contributed by atoms with Crippen LogP contribution in [0.5, 0.6) is 0 Å². The van der Waals surface area contributed by atoms with Crippen molar-refractivity contribution in [2.24, 2.45) is 4.99 Å². The molecule has 0 amide bonds. The van der Waals surface area contributed by atoms with E-state index < -0.39 is 0 Å². The smallest absolute Gasteiger partial charge is 0.191 e. The predicted molar refractivity (Wildman–Crippen MR) is 97.0 cm³/mol. The van der Waals surface area contributed by atoms with Gasteiger partial charge in [-0.15, -0.1) is 11.3 Å². The van der Waals surface area contributed by atoms with E-state index in [4.69, 9.17) is 4.42 Å². The molecule has 2 aromatic rings. The Morgan fingerprint density at radius 3 is 2.82 bits per heavy atom. The maximum atomic E-state index is 5.34. The Balaban J connectivity index is 1.83. The molecule has 0 saturated carbocycles. The van der Waals surface area contributed by atoms with E-state index in [1.165, 1.54) is 9.75 Å². The second kappa shape index (κ2) is 9.58. The lowest BCUT2D eigenvalue weighted by Gasteiger charge is -2.11. The first-order chi connectivity index (χ1) is 10.8. The Kier molecular flexibility index (Phi) is 7.39. The van der Waals surface area contributed by atoms with Crippen LogP contribution in [0, 0.1) is 6.92 Å². The molecule has 2 N–H and O–H groups in total. The summed E-state index contributed by atoms with van der Waals surface area (Å²) in [6.45, 7) is 4.56. The molecule has 2 heterocycles. The molecular formula is C16H23N3OS2. The number of hydrogen-bond acceptors (Lipinski definition) is 4. The Hall–Kier alpha value is -1.40. The standard InChI is InChI=1S/C16H23N3OS2/c1-13-5-6-15(22-13)12-19-16(18-9-11-21-2)17-8-7-14-4-3-10-20-14/h3-6,10H,7-9,11-12H2,1-2H3,(H2,17,18,19). The van der Waals surface area contributed by atoms with Crippen LogP contribution in [0.2, 0.25) is 0 Å². The highest BCUT2D eigenvalue weighted by molar-refractivity contribution is 7.98. The predicted octanol–water partition coefficient (Wildman–Crippen LogP) is 3.29. The maximum Gasteiger partial charge on any atom is 0.191 e. The van der Waals surface area contributed by atoms with Crippen molar-refractivity contribution in [3.8, 4) is 0 Å². The summed E-state index contributed by atoms with van der Waals surface area (Å²) in [6.07, 6.45) is 4.67. The van der Waals surface area contributed by atoms with Crippen molar-refractivity contribution in [3.63, 3.8) is 0 Å². The average molecular weight is 338 g/mol. The summed E-state index contributed by atoms with van der Waals surface area (Å²) in [5.74, 6) is 2.92. The van der Waals surface area contributed by atoms with Crippen LogP contribution in [0.1, 0.15) is 15.5 Å². The summed E-state index contributed by atoms with van der Waals surface area (Å²) in [4.78, 5) is 7.28. The van der Waals surface area contributed by atoms with E-state index in [0.717, 1.165) is 37.0 Å². The van der Waals surface area contributed by atoms with Crippen molar-refractivity contribution in [2.45, 2.75) is 19.9 Å². The molecule has 0 aromatic carbocycles. The Bertz CT molecular complexity index is 564. The number of furan rings is 1. The van der Waals surface area contributed by atoms with Crippen LogP contribution in [0.15, 0.2) is 39.9 Å². The molecule has 0 aliphatic carbocycles. The summed E-state index contributed by atoms with van der Waals surface area (Å²) in [7, 11) is 0. The van der Waals surface area contributed by atoms with Crippen molar-refractivity contribution in [3.05, 3.63) is 46.0 Å². The number of hydrogen-bond donors (Lipinski definition) is 2. The van der Waals surface area contributed by atoms with E-state index in [-0.39, 0.29) is 0 Å². The normalized spacial score (nSPS) is 11.6. The number of aryl methyl sites for hydroxylation is 1. The van der Waals surface area contributed by atoms with Gasteiger partial charge in [0, 0.05) is 35.0 Å². The molecule has 0 radical (unpaired) electrons. The van der Waals surface area contributed by atoms with Crippen molar-refractivity contribution < 1.29 is 4.42 Å². The van der Waals surface area contributed by atoms with Crippen LogP contribution in [0.25, 0.3) is 0 Å². The zero-order valence-corrected chi connectivity index (χ0v) is 14.7. The molecule has 0 unspecified atom stereocenters. The van der Waals surface area contributed by atoms with Crippen molar-refractivity contribution in [1.82, 2.24) is 10.6 Å². The highest BCUT2D eigenvalue weighted by atomic mass is 32.2. The lowest BCUT2D eigenvalue weighted by atomic mass is 10.3. The zero-order chi connectivity index (χ0) is 15.6. The monoisotopic (exact) mass is 337 g/mol. The Morgan fingerprint density at radius 2 is 2.14 bits per heavy atom. The van der Waals surface area contributed by atoms with Crippen LogP contribution in [0.3, 0.4) is 0 Å². The van der Waals surface area contributed by atoms with E-state index in [1.807, 2.05) is 23.9 Å². The van der Waals surface area contributed by atoms with Gasteiger partial charge in [0.25, 0.3) is 0 Å². The minimum Gasteiger partial charge on any atom is -0.469 e. The minimum atomic E-state index is 0.716. The molecule has 0 aliphatic rings. The summed E-state index contributed by atoms with van der Waals surface area (Å²) in [5, 5.41) is 6.74. The van der Waals surface area contributed by atoms with Gasteiger partial charge in [0.1, 0.15) is 5.76 Å². The number of rotatable bonds is 8. The lowest BCUT2D eigenvalue weighted by molar-refractivity contribution is 0.507. The van der Waals surface area contributed by atoms with E-state index in [0.29, 0.717) is 6.54 Å². The van der Waals surface area contributed by atoms with Gasteiger partial charge in [0.05, 0.1) is 12.8 Å². The van der Waals surface area contributed by atoms with Crippen LogP contribution >= 0.6 is 23.1 Å². The fraction of sp³-hybridized carbons (Fsp3) is 0.438. The van der Waals surface area contributed by atoms with Gasteiger partial charge >= 0.3 is 0 Å². The number of thiophene rings is 1. The quantitative estimate of drug-likeness (QED) is 0.441. The van der Waals surface area contributed by atoms with Crippen molar-refractivity contribution in [1.29, 1.82) is 0 Å². The number of guanidine groups is 1. The first-order valence-corrected chi connectivity index (χ1v) is 9.58. The molecule has 2 aromatic heterocycles. The SMILES string of the molecule is CSCCNC(=NCc1ccc(C)s1)NCCc1ccco1. The molecule has 0 spiro atoms. The summed E-state index contributed by atoms with van der Waals surface area (Å²) in [6, 6.07) is 8.20. The molecule has 22 heavy (non-hydrogen) atoms. The number of thioether (sulfide) groups is 1. The fourth-order valence-electron chi connectivity index (χ4n) is 1.93. The second-order valence-corrected chi connectivity index (χ2v) is 7.21. The maximum absolute atomic E-state index is 5.34. The third-order valence-electron chi connectivity index (χ3n) is 3.03. The molecule has 4 nitrogen and oxygen atoms in total. The highest BCUT2D eigenvalue weighted by Crippen LogP contribution is 2.15. The van der Waals surface area contributed by atoms with Crippen LogP contribution in [-0.2, 0) is 13.0 Å². The van der Waals surface area contributed by atoms with E-state index in [9.17, 15) is 0 Å². The second-order valence-electron chi connectivity index (χ2n) is 4.85. The average Bonchev–Trinajstić information content (AvgIpc) is 3.16. The molecule has 2 rings (SSSR count). The first kappa shape index (κ1) is 17.0. The highest BCUT2D eigenvalue weighted by Gasteiger charge is 2.01. The van der Waals surface area contributed by atoms with Gasteiger partial charge in [0.15, 0.2) is 5.96 Å². The van der Waals surface area contributed by atoms with Crippen molar-refractivity contribution >= 4 is 29.1 Å². The van der Waals surface area contributed by atoms with Gasteiger partial charge in [-0.05, 0) is 37.4 Å². The summed E-state index contributed by atoms with van der Waals surface area (Å²) >= 11 is 3.62. The lowest BCUT2D eigenvalue weighted by Crippen LogP contribution is -2.39. The zero-order valence-electron chi connectivity index (χ0n) is 13.1. The van der Waals surface area contributed by atoms with Crippen LogP contribution in [0.4, 0.5) is 0 Å². The van der Waals surface area contributed by atoms with Crippen molar-refractivity contribution in [2.75, 3.05) is 25.1 Å². The molecule has 0 bridgehead atoms. The molecule has 120 valence electrons. The van der Waals surface area contributed by atoms with E-state index >= 15 is 0 Å². The molecule has 6 heteroatoms. The number of nitrogens with one attached hydrogen (secondary N) is 2. The Labute approximate surface area is 140 Å². The Morgan fingerprint density at radius 1 is 1.27 bits per heavy atom. The molecule has 0 aliphatic heterocycles. The van der Waals surface area contributed by atoms with Crippen LogP contribution in [-0.4, -0.2) is 31.1 Å². The van der Waals surface area contributed by atoms with Gasteiger partial charge in [-0.25, -0.2) is 4.99 Å². The van der Waals surface area contributed by atoms with Gasteiger partial charge in [0.2, 0.25) is 0 Å². The first-order valence-electron chi connectivity index (χ1n) is 7.37. The third-order valence-corrected chi connectivity index (χ3v) is 4.63. The molecule has 0 fully saturated rings. The fourth-order valence-corrected chi connectivity index (χ4v) is 3.05. The van der Waals surface area contributed by atoms with Gasteiger partial charge in [-0.2, -0.15) is 11.8 Å². The molecule has 0 saturated heterocycles. The van der Waals surface area contributed by atoms with E-state index in [2.05, 4.69) is 40.9 Å². The third kappa shape index (κ3) is 6.15. The van der Waals surface area contributed by atoms with Crippen LogP contribution < -0.4 is 10.6 Å². The molecule has 0 atom stereocenters. The largest absolute Gasteiger partial charge is 0.469 e. The molecular weight excluding hydrogens is 314 g/mol. The summed E-state index contributed by atoms with van der Waals surface area (Å²) in [5.41, 5.74) is 0. The van der Waals surface area contributed by atoms with E-state index in [1.54, 1.807) is 17.6 Å². The number of aliphatic imine (C=N–C) groups is 1.